The Labute approximate surface area is 129 Å². The largest absolute Gasteiger partial charge is 0.344 e. The van der Waals surface area contributed by atoms with Crippen LogP contribution in [0.5, 0.6) is 0 Å². The summed E-state index contributed by atoms with van der Waals surface area (Å²) in [5.41, 5.74) is 0.740. The molecule has 2 fully saturated rings. The SMILES string of the molecule is CC1(NC(=O)C(=O)C2CCC(=O)N2Cc2ccccc2)CC1. The molecule has 1 N–H and O–H groups in total. The van der Waals surface area contributed by atoms with Crippen molar-refractivity contribution in [3.8, 4) is 0 Å². The smallest absolute Gasteiger partial charge is 0.290 e. The van der Waals surface area contributed by atoms with Gasteiger partial charge in [0.15, 0.2) is 0 Å². The van der Waals surface area contributed by atoms with Gasteiger partial charge in [0.2, 0.25) is 11.7 Å². The highest BCUT2D eigenvalue weighted by Gasteiger charge is 2.43. The third kappa shape index (κ3) is 3.03. The fourth-order valence-corrected chi connectivity index (χ4v) is 2.78. The molecule has 0 spiro atoms. The first kappa shape index (κ1) is 14.8. The molecule has 5 nitrogen and oxygen atoms in total. The molecule has 22 heavy (non-hydrogen) atoms. The van der Waals surface area contributed by atoms with Crippen LogP contribution in [-0.4, -0.2) is 34.1 Å². The Kier molecular flexibility index (Phi) is 3.72. The molecule has 3 rings (SSSR count). The van der Waals surface area contributed by atoms with Crippen molar-refractivity contribution in [2.24, 2.45) is 0 Å². The maximum Gasteiger partial charge on any atom is 0.290 e. The molecule has 1 aromatic rings. The van der Waals surface area contributed by atoms with Crippen LogP contribution in [0, 0.1) is 0 Å². The van der Waals surface area contributed by atoms with Gasteiger partial charge in [-0.05, 0) is 31.7 Å². The fraction of sp³-hybridized carbons (Fsp3) is 0.471. The summed E-state index contributed by atoms with van der Waals surface area (Å²) in [6, 6.07) is 8.90. The number of carbonyl (C=O) groups excluding carboxylic acids is 3. The Balaban J connectivity index is 1.69. The average molecular weight is 300 g/mol. The van der Waals surface area contributed by atoms with Gasteiger partial charge in [-0.25, -0.2) is 0 Å². The Morgan fingerprint density at radius 3 is 2.59 bits per heavy atom. The zero-order valence-electron chi connectivity index (χ0n) is 12.7. The highest BCUT2D eigenvalue weighted by atomic mass is 16.2. The summed E-state index contributed by atoms with van der Waals surface area (Å²) in [7, 11) is 0. The predicted octanol–water partition coefficient (Wildman–Crippen LogP) is 1.42. The molecule has 0 radical (unpaired) electrons. The maximum atomic E-state index is 12.4. The topological polar surface area (TPSA) is 66.5 Å². The zero-order chi connectivity index (χ0) is 15.7. The predicted molar refractivity (Wildman–Crippen MR) is 80.8 cm³/mol. The van der Waals surface area contributed by atoms with Gasteiger partial charge in [0.05, 0.1) is 0 Å². The molecular weight excluding hydrogens is 280 g/mol. The van der Waals surface area contributed by atoms with Crippen LogP contribution in [0.3, 0.4) is 0 Å². The van der Waals surface area contributed by atoms with Crippen LogP contribution in [0.4, 0.5) is 0 Å². The molecule has 1 saturated heterocycles. The lowest BCUT2D eigenvalue weighted by molar-refractivity contribution is -0.143. The summed E-state index contributed by atoms with van der Waals surface area (Å²) >= 11 is 0. The van der Waals surface area contributed by atoms with Crippen molar-refractivity contribution in [1.82, 2.24) is 10.2 Å². The zero-order valence-corrected chi connectivity index (χ0v) is 12.7. The summed E-state index contributed by atoms with van der Waals surface area (Å²) < 4.78 is 0. The first-order chi connectivity index (χ1) is 10.5. The van der Waals surface area contributed by atoms with E-state index in [-0.39, 0.29) is 11.4 Å². The van der Waals surface area contributed by atoms with E-state index in [9.17, 15) is 14.4 Å². The molecule has 1 atom stereocenters. The molecule has 1 aliphatic carbocycles. The van der Waals surface area contributed by atoms with E-state index in [1.165, 1.54) is 4.90 Å². The van der Waals surface area contributed by atoms with E-state index in [1.807, 2.05) is 37.3 Å². The summed E-state index contributed by atoms with van der Waals surface area (Å²) in [5, 5.41) is 2.78. The number of likely N-dealkylation sites (tertiary alicyclic amines) is 1. The average Bonchev–Trinajstić information content (AvgIpc) is 3.12. The minimum atomic E-state index is -0.630. The van der Waals surface area contributed by atoms with Crippen LogP contribution in [0.25, 0.3) is 0 Å². The Hall–Kier alpha value is -2.17. The molecule has 5 heteroatoms. The summed E-state index contributed by atoms with van der Waals surface area (Å²) in [6.45, 7) is 2.31. The number of rotatable bonds is 5. The number of hydrogen-bond donors (Lipinski definition) is 1. The second kappa shape index (κ2) is 5.55. The lowest BCUT2D eigenvalue weighted by atomic mass is 10.1. The Bertz CT molecular complexity index is 608. The van der Waals surface area contributed by atoms with Crippen molar-refractivity contribution < 1.29 is 14.4 Å². The van der Waals surface area contributed by atoms with Gasteiger partial charge in [-0.2, -0.15) is 0 Å². The van der Waals surface area contributed by atoms with Gasteiger partial charge in [0, 0.05) is 18.5 Å². The second-order valence-corrected chi connectivity index (χ2v) is 6.44. The second-order valence-electron chi connectivity index (χ2n) is 6.44. The Morgan fingerprint density at radius 2 is 1.95 bits per heavy atom. The van der Waals surface area contributed by atoms with Crippen LogP contribution < -0.4 is 5.32 Å². The molecule has 1 unspecified atom stereocenters. The minimum absolute atomic E-state index is 0.0624. The van der Waals surface area contributed by atoms with E-state index < -0.39 is 17.7 Å². The number of nitrogens with one attached hydrogen (secondary N) is 1. The molecule has 1 aliphatic heterocycles. The van der Waals surface area contributed by atoms with Crippen LogP contribution in [0.1, 0.15) is 38.2 Å². The van der Waals surface area contributed by atoms with Gasteiger partial charge in [-0.15, -0.1) is 0 Å². The highest BCUT2D eigenvalue weighted by molar-refractivity contribution is 6.38. The van der Waals surface area contributed by atoms with Crippen LogP contribution in [0.15, 0.2) is 30.3 Å². The van der Waals surface area contributed by atoms with Crippen molar-refractivity contribution >= 4 is 17.6 Å². The number of hydrogen-bond acceptors (Lipinski definition) is 3. The van der Waals surface area contributed by atoms with Crippen molar-refractivity contribution in [1.29, 1.82) is 0 Å². The Morgan fingerprint density at radius 1 is 1.27 bits per heavy atom. The van der Waals surface area contributed by atoms with Crippen LogP contribution in [-0.2, 0) is 20.9 Å². The monoisotopic (exact) mass is 300 g/mol. The molecule has 116 valence electrons. The standard InChI is InChI=1S/C17H20N2O3/c1-17(9-10-17)18-16(22)15(21)13-7-8-14(20)19(13)11-12-5-3-2-4-6-12/h2-6,13H,7-11H2,1H3,(H,18,22). The van der Waals surface area contributed by atoms with Crippen molar-refractivity contribution in [2.75, 3.05) is 0 Å². The summed E-state index contributed by atoms with van der Waals surface area (Å²) in [4.78, 5) is 38.1. The van der Waals surface area contributed by atoms with Gasteiger partial charge in [0.25, 0.3) is 5.91 Å². The molecule has 1 heterocycles. The van der Waals surface area contributed by atoms with Crippen molar-refractivity contribution in [3.63, 3.8) is 0 Å². The number of ketones is 1. The van der Waals surface area contributed by atoms with E-state index in [1.54, 1.807) is 0 Å². The highest BCUT2D eigenvalue weighted by Crippen LogP contribution is 2.34. The lowest BCUT2D eigenvalue weighted by Gasteiger charge is -2.24. The van der Waals surface area contributed by atoms with E-state index in [4.69, 9.17) is 0 Å². The van der Waals surface area contributed by atoms with E-state index in [0.717, 1.165) is 18.4 Å². The van der Waals surface area contributed by atoms with Gasteiger partial charge in [-0.1, -0.05) is 30.3 Å². The number of amides is 2. The van der Waals surface area contributed by atoms with Crippen molar-refractivity contribution in [2.45, 2.75) is 50.7 Å². The molecule has 1 saturated carbocycles. The van der Waals surface area contributed by atoms with Gasteiger partial charge in [0.1, 0.15) is 6.04 Å². The molecule has 1 aromatic carbocycles. The van der Waals surface area contributed by atoms with E-state index >= 15 is 0 Å². The number of carbonyl (C=O) groups is 3. The number of benzene rings is 1. The third-order valence-electron chi connectivity index (χ3n) is 4.47. The van der Waals surface area contributed by atoms with E-state index in [2.05, 4.69) is 5.32 Å². The molecule has 0 bridgehead atoms. The first-order valence-electron chi connectivity index (χ1n) is 7.68. The number of Topliss-reactive ketones (excluding diaryl/α,β-unsaturated/α-hetero) is 1. The minimum Gasteiger partial charge on any atom is -0.344 e. The van der Waals surface area contributed by atoms with Crippen molar-refractivity contribution in [3.05, 3.63) is 35.9 Å². The molecule has 0 aromatic heterocycles. The molecule has 2 amide bonds. The summed E-state index contributed by atoms with van der Waals surface area (Å²) in [6.07, 6.45) is 2.56. The van der Waals surface area contributed by atoms with Crippen LogP contribution in [0.2, 0.25) is 0 Å². The van der Waals surface area contributed by atoms with Gasteiger partial charge >= 0.3 is 0 Å². The fourth-order valence-electron chi connectivity index (χ4n) is 2.78. The van der Waals surface area contributed by atoms with E-state index in [0.29, 0.717) is 19.4 Å². The quantitative estimate of drug-likeness (QED) is 0.836. The molecule has 2 aliphatic rings. The first-order valence-corrected chi connectivity index (χ1v) is 7.68. The van der Waals surface area contributed by atoms with Crippen LogP contribution >= 0.6 is 0 Å². The maximum absolute atomic E-state index is 12.4. The van der Waals surface area contributed by atoms with Gasteiger partial charge < -0.3 is 10.2 Å². The lowest BCUT2D eigenvalue weighted by Crippen LogP contribution is -2.48. The summed E-state index contributed by atoms with van der Waals surface area (Å²) in [5.74, 6) is -1.11. The normalized spacial score (nSPS) is 22.5. The third-order valence-corrected chi connectivity index (χ3v) is 4.47. The number of nitrogens with zero attached hydrogens (tertiary/aromatic N) is 1. The molecular formula is C17H20N2O3. The van der Waals surface area contributed by atoms with Gasteiger partial charge in [-0.3, -0.25) is 14.4 Å².